The highest BCUT2D eigenvalue weighted by molar-refractivity contribution is 5.57. The quantitative estimate of drug-likeness (QED) is 0.838. The Hall–Kier alpha value is -1.88. The van der Waals surface area contributed by atoms with Gasteiger partial charge in [-0.3, -0.25) is 0 Å². The van der Waals surface area contributed by atoms with Crippen molar-refractivity contribution in [3.8, 4) is 17.1 Å². The largest absolute Gasteiger partial charge is 0.497 e. The summed E-state index contributed by atoms with van der Waals surface area (Å²) >= 11 is 0. The van der Waals surface area contributed by atoms with Crippen molar-refractivity contribution >= 4 is 0 Å². The molecule has 0 radical (unpaired) electrons. The smallest absolute Gasteiger partial charge is 0.181 e. The van der Waals surface area contributed by atoms with E-state index in [1.807, 2.05) is 28.9 Å². The third-order valence-corrected chi connectivity index (χ3v) is 2.86. The van der Waals surface area contributed by atoms with Crippen LogP contribution in [0.5, 0.6) is 5.75 Å². The monoisotopic (exact) mass is 230 g/mol. The third-order valence-electron chi connectivity index (χ3n) is 2.86. The lowest BCUT2D eigenvalue weighted by molar-refractivity contribution is 0.415. The third kappa shape index (κ3) is 1.89. The van der Waals surface area contributed by atoms with Crippen LogP contribution < -0.4 is 10.1 Å². The van der Waals surface area contributed by atoms with Crippen molar-refractivity contribution in [1.82, 2.24) is 20.1 Å². The minimum absolute atomic E-state index is 0.766. The van der Waals surface area contributed by atoms with E-state index in [-0.39, 0.29) is 0 Å². The molecule has 17 heavy (non-hydrogen) atoms. The Balaban J connectivity index is 2.00. The van der Waals surface area contributed by atoms with Gasteiger partial charge in [0, 0.05) is 12.1 Å². The zero-order valence-electron chi connectivity index (χ0n) is 9.68. The summed E-state index contributed by atoms with van der Waals surface area (Å²) in [6, 6.07) is 7.82. The first-order valence-electron chi connectivity index (χ1n) is 5.66. The number of hydrogen-bond acceptors (Lipinski definition) is 4. The summed E-state index contributed by atoms with van der Waals surface area (Å²) in [4.78, 5) is 4.53. The molecule has 0 saturated heterocycles. The molecular formula is C12H14N4O. The SMILES string of the molecule is COc1cccc(-c2nc3n(n2)CCNC3)c1. The average Bonchev–Trinajstić information content (AvgIpc) is 2.82. The number of aromatic nitrogens is 3. The Bertz CT molecular complexity index is 512. The minimum Gasteiger partial charge on any atom is -0.497 e. The maximum Gasteiger partial charge on any atom is 0.181 e. The van der Waals surface area contributed by atoms with Crippen LogP contribution in [0.3, 0.4) is 0 Å². The van der Waals surface area contributed by atoms with Crippen molar-refractivity contribution in [2.75, 3.05) is 13.7 Å². The Morgan fingerprint density at radius 2 is 2.35 bits per heavy atom. The Labute approximate surface area is 99.4 Å². The molecule has 0 unspecified atom stereocenters. The van der Waals surface area contributed by atoms with Crippen molar-refractivity contribution in [1.29, 1.82) is 0 Å². The van der Waals surface area contributed by atoms with Gasteiger partial charge in [0.1, 0.15) is 11.6 Å². The zero-order chi connectivity index (χ0) is 11.7. The normalized spacial score (nSPS) is 14.4. The van der Waals surface area contributed by atoms with Crippen LogP contribution in [-0.2, 0) is 13.1 Å². The molecular weight excluding hydrogens is 216 g/mol. The van der Waals surface area contributed by atoms with E-state index in [9.17, 15) is 0 Å². The Morgan fingerprint density at radius 1 is 1.41 bits per heavy atom. The number of fused-ring (bicyclic) bond motifs is 1. The molecule has 1 aliphatic rings. The lowest BCUT2D eigenvalue weighted by Crippen LogP contribution is -2.28. The van der Waals surface area contributed by atoms with Crippen molar-refractivity contribution in [2.45, 2.75) is 13.1 Å². The molecule has 0 amide bonds. The summed E-state index contributed by atoms with van der Waals surface area (Å²) in [5.41, 5.74) is 0.992. The minimum atomic E-state index is 0.766. The van der Waals surface area contributed by atoms with Crippen molar-refractivity contribution < 1.29 is 4.74 Å². The van der Waals surface area contributed by atoms with Gasteiger partial charge >= 0.3 is 0 Å². The molecule has 2 heterocycles. The first-order chi connectivity index (χ1) is 8.36. The molecule has 1 aromatic heterocycles. The number of ether oxygens (including phenoxy) is 1. The fourth-order valence-electron chi connectivity index (χ4n) is 1.95. The van der Waals surface area contributed by atoms with E-state index in [4.69, 9.17) is 4.74 Å². The van der Waals surface area contributed by atoms with Crippen LogP contribution in [0, 0.1) is 0 Å². The standard InChI is InChI=1S/C12H14N4O/c1-17-10-4-2-3-9(7-10)12-14-11-8-13-5-6-16(11)15-12/h2-4,7,13H,5-6,8H2,1H3. The van der Waals surface area contributed by atoms with Gasteiger partial charge in [0.15, 0.2) is 5.82 Å². The highest BCUT2D eigenvalue weighted by Crippen LogP contribution is 2.21. The first kappa shape index (κ1) is 10.3. The second-order valence-corrected chi connectivity index (χ2v) is 3.98. The van der Waals surface area contributed by atoms with E-state index in [1.54, 1.807) is 7.11 Å². The predicted octanol–water partition coefficient (Wildman–Crippen LogP) is 1.06. The molecule has 5 nitrogen and oxygen atoms in total. The Kier molecular flexibility index (Phi) is 2.53. The summed E-state index contributed by atoms with van der Waals surface area (Å²) < 4.78 is 7.17. The van der Waals surface area contributed by atoms with Crippen LogP contribution in [-0.4, -0.2) is 28.4 Å². The lowest BCUT2D eigenvalue weighted by atomic mass is 10.2. The summed E-state index contributed by atoms with van der Waals surface area (Å²) in [6.07, 6.45) is 0. The summed E-state index contributed by atoms with van der Waals surface area (Å²) in [6.45, 7) is 2.62. The molecule has 0 saturated carbocycles. The van der Waals surface area contributed by atoms with Gasteiger partial charge < -0.3 is 10.1 Å². The first-order valence-corrected chi connectivity index (χ1v) is 5.66. The van der Waals surface area contributed by atoms with Crippen molar-refractivity contribution in [3.05, 3.63) is 30.1 Å². The highest BCUT2D eigenvalue weighted by Gasteiger charge is 2.14. The highest BCUT2D eigenvalue weighted by atomic mass is 16.5. The molecule has 0 fully saturated rings. The van der Waals surface area contributed by atoms with E-state index in [0.717, 1.165) is 42.6 Å². The zero-order valence-corrected chi connectivity index (χ0v) is 9.68. The maximum atomic E-state index is 5.20. The molecule has 0 spiro atoms. The van der Waals surface area contributed by atoms with Gasteiger partial charge in [-0.05, 0) is 12.1 Å². The molecule has 0 atom stereocenters. The van der Waals surface area contributed by atoms with Gasteiger partial charge in [0.2, 0.25) is 0 Å². The van der Waals surface area contributed by atoms with Crippen molar-refractivity contribution in [2.24, 2.45) is 0 Å². The van der Waals surface area contributed by atoms with Gasteiger partial charge in [-0.1, -0.05) is 12.1 Å². The molecule has 88 valence electrons. The molecule has 1 N–H and O–H groups in total. The Morgan fingerprint density at radius 3 is 3.18 bits per heavy atom. The topological polar surface area (TPSA) is 52.0 Å². The van der Waals surface area contributed by atoms with Crippen LogP contribution in [0.25, 0.3) is 11.4 Å². The van der Waals surface area contributed by atoms with Crippen LogP contribution in [0.2, 0.25) is 0 Å². The summed E-state index contributed by atoms with van der Waals surface area (Å²) in [7, 11) is 1.66. The van der Waals surface area contributed by atoms with Crippen molar-refractivity contribution in [3.63, 3.8) is 0 Å². The lowest BCUT2D eigenvalue weighted by Gasteiger charge is -2.11. The average molecular weight is 230 g/mol. The van der Waals surface area contributed by atoms with Gasteiger partial charge in [-0.25, -0.2) is 9.67 Å². The number of hydrogen-bond donors (Lipinski definition) is 1. The van der Waals surface area contributed by atoms with Crippen LogP contribution in [0.15, 0.2) is 24.3 Å². The molecule has 2 aromatic rings. The number of benzene rings is 1. The fraction of sp³-hybridized carbons (Fsp3) is 0.333. The van der Waals surface area contributed by atoms with Gasteiger partial charge in [0.25, 0.3) is 0 Å². The molecule has 0 bridgehead atoms. The second-order valence-electron chi connectivity index (χ2n) is 3.98. The van der Waals surface area contributed by atoms with Gasteiger partial charge in [-0.2, -0.15) is 5.10 Å². The number of methoxy groups -OCH3 is 1. The van der Waals surface area contributed by atoms with Crippen LogP contribution >= 0.6 is 0 Å². The van der Waals surface area contributed by atoms with E-state index in [0.29, 0.717) is 0 Å². The molecule has 1 aliphatic heterocycles. The summed E-state index contributed by atoms with van der Waals surface area (Å²) in [5.74, 6) is 2.59. The molecule has 5 heteroatoms. The van der Waals surface area contributed by atoms with E-state index in [2.05, 4.69) is 15.4 Å². The maximum absolute atomic E-state index is 5.20. The second kappa shape index (κ2) is 4.18. The van der Waals surface area contributed by atoms with E-state index < -0.39 is 0 Å². The number of rotatable bonds is 2. The number of nitrogens with one attached hydrogen (secondary N) is 1. The fourth-order valence-corrected chi connectivity index (χ4v) is 1.95. The van der Waals surface area contributed by atoms with Gasteiger partial charge in [-0.15, -0.1) is 0 Å². The van der Waals surface area contributed by atoms with E-state index >= 15 is 0 Å². The molecule has 3 rings (SSSR count). The molecule has 1 aromatic carbocycles. The van der Waals surface area contributed by atoms with E-state index in [1.165, 1.54) is 0 Å². The number of nitrogens with zero attached hydrogens (tertiary/aromatic N) is 3. The van der Waals surface area contributed by atoms with Crippen LogP contribution in [0.1, 0.15) is 5.82 Å². The predicted molar refractivity (Wildman–Crippen MR) is 63.7 cm³/mol. The summed E-state index contributed by atoms with van der Waals surface area (Å²) in [5, 5.41) is 7.79. The van der Waals surface area contributed by atoms with Crippen LogP contribution in [0.4, 0.5) is 0 Å². The van der Waals surface area contributed by atoms with Gasteiger partial charge in [0.05, 0.1) is 20.2 Å². The molecule has 0 aliphatic carbocycles.